The second-order valence-corrected chi connectivity index (χ2v) is 34.3. The van der Waals surface area contributed by atoms with Crippen LogP contribution in [0.25, 0.3) is 11.3 Å². The summed E-state index contributed by atoms with van der Waals surface area (Å²) < 4.78 is 71.1. The molecule has 0 spiro atoms. The first-order valence-electron chi connectivity index (χ1n) is 37.8. The van der Waals surface area contributed by atoms with Crippen molar-refractivity contribution in [3.05, 3.63) is 257 Å². The van der Waals surface area contributed by atoms with Gasteiger partial charge in [0.25, 0.3) is 17.4 Å². The molecule has 27 nitrogen and oxygen atoms in total. The molecule has 614 valence electrons. The van der Waals surface area contributed by atoms with Crippen LogP contribution < -0.4 is 19.9 Å². The maximum Gasteiger partial charge on any atom is 0.387 e. The van der Waals surface area contributed by atoms with Crippen molar-refractivity contribution in [2.24, 2.45) is 7.05 Å². The Hall–Kier alpha value is -9.60. The number of H-pyrrole nitrogens is 1. The number of carbonyl (C=O) groups excluding carboxylic acids is 3. The van der Waals surface area contributed by atoms with Gasteiger partial charge in [-0.05, 0) is 125 Å². The number of morpholine rings is 5. The minimum atomic E-state index is -2.84. The van der Waals surface area contributed by atoms with Gasteiger partial charge in [0.1, 0.15) is 73.4 Å². The van der Waals surface area contributed by atoms with Crippen LogP contribution in [0.4, 0.5) is 14.6 Å². The van der Waals surface area contributed by atoms with E-state index in [1.807, 2.05) is 138 Å². The molecule has 3 aromatic carbocycles. The van der Waals surface area contributed by atoms with Crippen molar-refractivity contribution in [3.8, 4) is 22.8 Å². The molecule has 12 aromatic rings. The van der Waals surface area contributed by atoms with Crippen molar-refractivity contribution in [1.29, 1.82) is 0 Å². The first-order valence-corrected chi connectivity index (χ1v) is 42.8. The predicted molar refractivity (Wildman–Crippen MR) is 446 cm³/mol. The second kappa shape index (κ2) is 41.2. The number of aromatic amines is 1. The van der Waals surface area contributed by atoms with E-state index in [0.717, 1.165) is 112 Å². The van der Waals surface area contributed by atoms with Crippen LogP contribution in [0.3, 0.4) is 0 Å². The van der Waals surface area contributed by atoms with Gasteiger partial charge in [-0.3, -0.25) is 29.3 Å². The Morgan fingerprint density at radius 1 is 0.590 bits per heavy atom. The molecule has 0 aliphatic carbocycles. The van der Waals surface area contributed by atoms with Gasteiger partial charge in [-0.2, -0.15) is 18.9 Å². The highest BCUT2D eigenvalue weighted by Crippen LogP contribution is 2.34. The van der Waals surface area contributed by atoms with Crippen molar-refractivity contribution < 1.29 is 60.8 Å². The van der Waals surface area contributed by atoms with E-state index < -0.39 is 6.61 Å². The molecule has 35 heteroatoms. The zero-order chi connectivity index (χ0) is 81.9. The van der Waals surface area contributed by atoms with Crippen LogP contribution in [0.15, 0.2) is 171 Å². The van der Waals surface area contributed by atoms with Crippen molar-refractivity contribution >= 4 is 96.2 Å². The van der Waals surface area contributed by atoms with Crippen LogP contribution in [0.5, 0.6) is 11.5 Å². The Kier molecular flexibility index (Phi) is 30.0. The zero-order valence-corrected chi connectivity index (χ0v) is 71.0. The summed E-state index contributed by atoms with van der Waals surface area (Å²) in [5, 5.41) is 17.8. The molecule has 1 N–H and O–H groups in total. The summed E-state index contributed by atoms with van der Waals surface area (Å²) in [6, 6.07) is 39.9. The molecule has 5 unspecified atom stereocenters. The summed E-state index contributed by atoms with van der Waals surface area (Å²) in [7, 11) is 1.77. The van der Waals surface area contributed by atoms with Gasteiger partial charge < -0.3 is 56.9 Å². The molecule has 9 aromatic heterocycles. The van der Waals surface area contributed by atoms with Gasteiger partial charge in [0.15, 0.2) is 11.6 Å². The number of alkyl halides is 2. The largest absolute Gasteiger partial charge is 0.433 e. The standard InChI is InChI=1S/C22H21NO4S2.C17H18N4O2S.C16H15BrF2N2O2.C15H19N3O2S.C12H15N5O2S/c1-14-6-8-19(28-14)21(24)23-10-11-26-18(13-23)16-4-3-5-17(12-16)27-22(25)20-9-7-15(2)29-20;1-12-18-16(23-20-12)10-21-7-8-22-15(9-21)17-19-14(11-24-17)13-5-3-2-4-6-13;17-12-3-1-11(2-4-12)14-10-21(7-8-22-14)15-6-5-13(9-20-15)23-16(18)19;1-11-10-21-15(16-11)13-9-18(5-6-20-13)8-12-3-4-17(2)14(19)7-12;1-7-14-11(16-15-7)9-6-17(3-4-19-9)12(18)10-5-13-8(2)20-10/h3-9,12,18H,10-11,13H2,1-2H3;2-6,11,15H,7-10H2,1H3;1-6,9,14,16H,7-8,10H2;3-4,7,10,13H,5-6,8-9H2,1-2H3;5,9H,3-4,6H2,1-2H3,(H,14,15,16). The third kappa shape index (κ3) is 24.3. The fraction of sp³-hybridized carbons (Fsp3) is 0.366. The van der Waals surface area contributed by atoms with Crippen LogP contribution in [0.2, 0.25) is 0 Å². The summed E-state index contributed by atoms with van der Waals surface area (Å²) in [6.07, 6.45) is 4.22. The second-order valence-electron chi connectivity index (χ2n) is 27.8. The van der Waals surface area contributed by atoms with E-state index in [9.17, 15) is 28.0 Å². The van der Waals surface area contributed by atoms with Crippen LogP contribution in [-0.2, 0) is 43.8 Å². The number of nitrogens with zero attached hydrogens (tertiary/aromatic N) is 14. The van der Waals surface area contributed by atoms with E-state index in [2.05, 4.69) is 98.5 Å². The zero-order valence-electron chi connectivity index (χ0n) is 65.3. The number of hydrogen-bond acceptors (Lipinski definition) is 28. The van der Waals surface area contributed by atoms with E-state index in [4.69, 9.17) is 37.9 Å². The molecule has 5 saturated heterocycles. The van der Waals surface area contributed by atoms with Crippen molar-refractivity contribution in [1.82, 2.24) is 69.4 Å². The Labute approximate surface area is 703 Å². The molecule has 2 amide bonds. The number of thiazole rings is 3. The molecule has 5 aliphatic heterocycles. The minimum absolute atomic E-state index is 0.00356. The lowest BCUT2D eigenvalue weighted by atomic mass is 10.1. The normalized spacial score (nSPS) is 18.4. The number of amides is 2. The summed E-state index contributed by atoms with van der Waals surface area (Å²) in [5.41, 5.74) is 6.25. The number of hydrogen-bond donors (Lipinski definition) is 1. The van der Waals surface area contributed by atoms with Crippen LogP contribution in [-0.4, -0.2) is 192 Å². The van der Waals surface area contributed by atoms with Gasteiger partial charge in [-0.15, -0.1) is 56.7 Å². The first-order chi connectivity index (χ1) is 56.6. The molecule has 14 heterocycles. The lowest BCUT2D eigenvalue weighted by molar-refractivity contribution is -0.0501. The number of benzene rings is 3. The summed E-state index contributed by atoms with van der Waals surface area (Å²) >= 11 is 11.0. The average Bonchev–Trinajstić information content (AvgIpc) is 1.82. The molecular weight excluding hydrogens is 1670 g/mol. The van der Waals surface area contributed by atoms with Gasteiger partial charge in [0.2, 0.25) is 5.89 Å². The Balaban J connectivity index is 0.000000128. The minimum Gasteiger partial charge on any atom is -0.433 e. The molecule has 0 radical (unpaired) electrons. The van der Waals surface area contributed by atoms with Crippen LogP contribution in [0.1, 0.15) is 130 Å². The van der Waals surface area contributed by atoms with Crippen molar-refractivity contribution in [2.45, 2.75) is 91.8 Å². The molecule has 0 saturated carbocycles. The molecule has 5 atom stereocenters. The Morgan fingerprint density at radius 2 is 1.24 bits per heavy atom. The molecule has 5 fully saturated rings. The van der Waals surface area contributed by atoms with Gasteiger partial charge in [0, 0.05) is 114 Å². The van der Waals surface area contributed by atoms with Crippen molar-refractivity contribution in [2.75, 3.05) is 103 Å². The van der Waals surface area contributed by atoms with E-state index in [-0.39, 0.29) is 59.6 Å². The quantitative estimate of drug-likeness (QED) is 0.0654. The summed E-state index contributed by atoms with van der Waals surface area (Å²) in [4.78, 5) is 89.7. The first kappa shape index (κ1) is 85.3. The topological polar surface area (TPSA) is 286 Å². The highest BCUT2D eigenvalue weighted by atomic mass is 79.9. The molecule has 0 bridgehead atoms. The summed E-state index contributed by atoms with van der Waals surface area (Å²) in [6.45, 7) is 19.8. The van der Waals surface area contributed by atoms with Gasteiger partial charge in [-0.1, -0.05) is 75.7 Å². The lowest BCUT2D eigenvalue weighted by Gasteiger charge is -2.34. The Bertz CT molecular complexity index is 5280. The predicted octanol–water partition coefficient (Wildman–Crippen LogP) is 14.8. The fourth-order valence-electron chi connectivity index (χ4n) is 13.0. The average molecular weight is 1750 g/mol. The maximum atomic E-state index is 12.8. The molecule has 5 aliphatic rings. The maximum absolute atomic E-state index is 12.8. The number of pyridine rings is 2. The summed E-state index contributed by atoms with van der Waals surface area (Å²) in [5.74, 6) is 3.57. The lowest BCUT2D eigenvalue weighted by Crippen LogP contribution is -2.42. The number of anilines is 1. The number of esters is 1. The number of aromatic nitrogens is 10. The third-order valence-corrected chi connectivity index (χ3v) is 24.3. The van der Waals surface area contributed by atoms with Gasteiger partial charge >= 0.3 is 12.6 Å². The number of thiophene rings is 2. The highest BCUT2D eigenvalue weighted by Gasteiger charge is 2.33. The van der Waals surface area contributed by atoms with Crippen molar-refractivity contribution in [3.63, 3.8) is 0 Å². The number of rotatable bonds is 17. The van der Waals surface area contributed by atoms with Crippen LogP contribution >= 0.6 is 72.6 Å². The molecule has 117 heavy (non-hydrogen) atoms. The Morgan fingerprint density at radius 3 is 1.86 bits per heavy atom. The van der Waals surface area contributed by atoms with Gasteiger partial charge in [-0.25, -0.2) is 29.7 Å². The van der Waals surface area contributed by atoms with E-state index >= 15 is 0 Å². The van der Waals surface area contributed by atoms with E-state index in [1.54, 1.807) is 69.7 Å². The highest BCUT2D eigenvalue weighted by molar-refractivity contribution is 9.10. The number of nitrogens with one attached hydrogen (secondary N) is 1. The number of halogens is 3. The van der Waals surface area contributed by atoms with E-state index in [1.165, 1.54) is 46.3 Å². The number of carbonyl (C=O) groups is 3. The third-order valence-electron chi connectivity index (χ3n) is 18.9. The molecular formula is C82H88BrF2N15O12S5. The molecule has 17 rings (SSSR count). The number of ether oxygens (including phenoxy) is 7. The smallest absolute Gasteiger partial charge is 0.387 e. The van der Waals surface area contributed by atoms with E-state index in [0.29, 0.717) is 112 Å². The monoisotopic (exact) mass is 1750 g/mol. The SMILES string of the molecule is Cc1ccc(C(=O)Oc2cccc(C3CN(C(=O)c4ccc(C)s4)CCO3)c2)s1.Cc1csc(C2CN(Cc3ccn(C)c(=O)c3)CCO2)n1.Cc1nc(C2CN(C(=O)c3cnc(C)s3)CCO2)n[nH]1.Cc1noc(CN2CCOC(c3nc(-c4ccccc4)cs3)C2)n1.FC(F)Oc1ccc(N2CCOC(c3ccc(Br)cc3)C2)nc1. The van der Waals surface area contributed by atoms with Gasteiger partial charge in [0.05, 0.1) is 80.6 Å². The number of aryl methyl sites for hydroxylation is 7. The fourth-order valence-corrected chi connectivity index (χ4v) is 17.3. The van der Waals surface area contributed by atoms with Crippen LogP contribution in [0, 0.1) is 41.5 Å².